The fourth-order valence-corrected chi connectivity index (χ4v) is 2.91. The van der Waals surface area contributed by atoms with Gasteiger partial charge in [0.25, 0.3) is 0 Å². The van der Waals surface area contributed by atoms with Gasteiger partial charge in [-0.05, 0) is 22.7 Å². The maximum absolute atomic E-state index is 11.9. The van der Waals surface area contributed by atoms with E-state index in [1.54, 1.807) is 6.92 Å². The summed E-state index contributed by atoms with van der Waals surface area (Å²) in [5.74, 6) is 0.0665. The van der Waals surface area contributed by atoms with E-state index in [2.05, 4.69) is 15.6 Å². The maximum atomic E-state index is 11.9. The molecule has 0 unspecified atom stereocenters. The van der Waals surface area contributed by atoms with Gasteiger partial charge in [0.05, 0.1) is 0 Å². The Hall–Kier alpha value is -1.67. The molecule has 0 aliphatic heterocycles. The van der Waals surface area contributed by atoms with E-state index in [1.165, 1.54) is 49.3 Å². The Balaban J connectivity index is 0.00000288. The summed E-state index contributed by atoms with van der Waals surface area (Å²) in [6.45, 7) is 3.01. The summed E-state index contributed by atoms with van der Waals surface area (Å²) in [7, 11) is 0. The van der Waals surface area contributed by atoms with Gasteiger partial charge in [0.1, 0.15) is 12.7 Å². The molecule has 0 bridgehead atoms. The molecule has 136 valence electrons. The average molecular weight is 360 g/mol. The number of hydrogen-bond acceptors (Lipinski definition) is 5. The molecule has 1 amide bonds. The molecule has 8 nitrogen and oxygen atoms in total. The van der Waals surface area contributed by atoms with Gasteiger partial charge in [0.2, 0.25) is 11.7 Å². The second-order valence-corrected chi connectivity index (χ2v) is 6.02. The van der Waals surface area contributed by atoms with Crippen LogP contribution in [0.5, 0.6) is 0 Å². The number of carbonyl (C=O) groups is 1. The Morgan fingerprint density at radius 3 is 2.58 bits per heavy atom. The van der Waals surface area contributed by atoms with Gasteiger partial charge in [0.15, 0.2) is 0 Å². The SMILES string of the molecule is Cc1nc([N+](=O)[O-])cn1CC(=O)NCCNC1CCCCCC1.Cl. The standard InChI is InChI=1S/C15H25N5O3.ClH/c1-12-18-14(20(22)23)10-19(12)11-15(21)17-9-8-16-13-6-4-2-3-5-7-13;/h10,13,16H,2-9,11H2,1H3,(H,17,21);1H. The highest BCUT2D eigenvalue weighted by Gasteiger charge is 2.17. The van der Waals surface area contributed by atoms with Gasteiger partial charge in [-0.2, -0.15) is 0 Å². The average Bonchev–Trinajstić information content (AvgIpc) is 2.73. The van der Waals surface area contributed by atoms with Crippen molar-refractivity contribution < 1.29 is 9.72 Å². The van der Waals surface area contributed by atoms with Crippen LogP contribution in [0.4, 0.5) is 5.82 Å². The monoisotopic (exact) mass is 359 g/mol. The number of nitrogens with zero attached hydrogens (tertiary/aromatic N) is 3. The van der Waals surface area contributed by atoms with Crippen molar-refractivity contribution in [1.82, 2.24) is 20.2 Å². The molecular formula is C15H26ClN5O3. The van der Waals surface area contributed by atoms with Gasteiger partial charge < -0.3 is 20.7 Å². The van der Waals surface area contributed by atoms with Crippen LogP contribution in [0.25, 0.3) is 0 Å². The number of halogens is 1. The van der Waals surface area contributed by atoms with Crippen LogP contribution in [0.1, 0.15) is 44.3 Å². The normalized spacial score (nSPS) is 15.4. The van der Waals surface area contributed by atoms with Crippen LogP contribution in [-0.4, -0.2) is 39.5 Å². The number of carbonyl (C=O) groups excluding carboxylic acids is 1. The lowest BCUT2D eigenvalue weighted by atomic mass is 10.1. The van der Waals surface area contributed by atoms with Crippen LogP contribution in [-0.2, 0) is 11.3 Å². The van der Waals surface area contributed by atoms with Gasteiger partial charge in [-0.15, -0.1) is 12.4 Å². The van der Waals surface area contributed by atoms with E-state index in [1.807, 2.05) is 0 Å². The Kier molecular flexibility index (Phi) is 8.70. The zero-order valence-corrected chi connectivity index (χ0v) is 14.8. The minimum Gasteiger partial charge on any atom is -0.358 e. The van der Waals surface area contributed by atoms with E-state index in [-0.39, 0.29) is 30.7 Å². The Labute approximate surface area is 148 Å². The first-order valence-corrected chi connectivity index (χ1v) is 8.24. The number of nitrogens with one attached hydrogen (secondary N) is 2. The van der Waals surface area contributed by atoms with Crippen molar-refractivity contribution in [2.24, 2.45) is 0 Å². The van der Waals surface area contributed by atoms with Crippen molar-refractivity contribution in [3.8, 4) is 0 Å². The van der Waals surface area contributed by atoms with Crippen LogP contribution in [0.2, 0.25) is 0 Å². The summed E-state index contributed by atoms with van der Waals surface area (Å²) >= 11 is 0. The number of imidazole rings is 1. The van der Waals surface area contributed by atoms with Crippen LogP contribution in [0.3, 0.4) is 0 Å². The molecule has 1 fully saturated rings. The van der Waals surface area contributed by atoms with Crippen molar-refractivity contribution in [2.75, 3.05) is 13.1 Å². The van der Waals surface area contributed by atoms with Gasteiger partial charge in [-0.1, -0.05) is 25.7 Å². The van der Waals surface area contributed by atoms with Crippen molar-refractivity contribution in [1.29, 1.82) is 0 Å². The molecule has 1 aliphatic carbocycles. The van der Waals surface area contributed by atoms with E-state index < -0.39 is 4.92 Å². The molecule has 0 atom stereocenters. The third-order valence-corrected chi connectivity index (χ3v) is 4.20. The lowest BCUT2D eigenvalue weighted by Gasteiger charge is -2.16. The van der Waals surface area contributed by atoms with Gasteiger partial charge >= 0.3 is 5.82 Å². The molecule has 1 heterocycles. The Morgan fingerprint density at radius 1 is 1.33 bits per heavy atom. The molecule has 0 saturated heterocycles. The van der Waals surface area contributed by atoms with Gasteiger partial charge in [0, 0.05) is 26.1 Å². The first-order valence-electron chi connectivity index (χ1n) is 8.24. The van der Waals surface area contributed by atoms with Gasteiger partial charge in [-0.25, -0.2) is 0 Å². The summed E-state index contributed by atoms with van der Waals surface area (Å²) in [4.78, 5) is 25.8. The highest BCUT2D eigenvalue weighted by atomic mass is 35.5. The maximum Gasteiger partial charge on any atom is 0.381 e. The number of hydrogen-bond donors (Lipinski definition) is 2. The second kappa shape index (κ2) is 10.2. The summed E-state index contributed by atoms with van der Waals surface area (Å²) in [6, 6.07) is 0.563. The van der Waals surface area contributed by atoms with Gasteiger partial charge in [-0.3, -0.25) is 9.36 Å². The van der Waals surface area contributed by atoms with E-state index in [0.717, 1.165) is 6.54 Å². The Morgan fingerprint density at radius 2 is 2.00 bits per heavy atom. The zero-order chi connectivity index (χ0) is 16.7. The molecule has 0 radical (unpaired) electrons. The molecule has 24 heavy (non-hydrogen) atoms. The minimum atomic E-state index is -0.557. The molecule has 0 aromatic carbocycles. The van der Waals surface area contributed by atoms with E-state index in [9.17, 15) is 14.9 Å². The largest absolute Gasteiger partial charge is 0.381 e. The highest BCUT2D eigenvalue weighted by Crippen LogP contribution is 2.16. The summed E-state index contributed by atoms with van der Waals surface area (Å²) in [5, 5.41) is 17.0. The number of aromatic nitrogens is 2. The summed E-state index contributed by atoms with van der Waals surface area (Å²) < 4.78 is 1.49. The quantitative estimate of drug-likeness (QED) is 0.335. The lowest BCUT2D eigenvalue weighted by Crippen LogP contribution is -2.38. The predicted molar refractivity (Wildman–Crippen MR) is 93.4 cm³/mol. The molecule has 2 rings (SSSR count). The third-order valence-electron chi connectivity index (χ3n) is 4.20. The molecule has 1 aliphatic rings. The number of rotatable bonds is 7. The number of aryl methyl sites for hydroxylation is 1. The molecule has 1 aromatic heterocycles. The second-order valence-electron chi connectivity index (χ2n) is 6.02. The number of nitro groups is 1. The molecule has 1 aromatic rings. The van der Waals surface area contributed by atoms with Crippen LogP contribution < -0.4 is 10.6 Å². The fourth-order valence-electron chi connectivity index (χ4n) is 2.91. The Bertz CT molecular complexity index is 541. The molecule has 1 saturated carbocycles. The first-order chi connectivity index (χ1) is 11.1. The van der Waals surface area contributed by atoms with Crippen molar-refractivity contribution in [3.63, 3.8) is 0 Å². The smallest absolute Gasteiger partial charge is 0.358 e. The summed E-state index contributed by atoms with van der Waals surface area (Å²) in [5.41, 5.74) is 0. The number of amides is 1. The minimum absolute atomic E-state index is 0. The van der Waals surface area contributed by atoms with Crippen LogP contribution in [0, 0.1) is 17.0 Å². The first kappa shape index (κ1) is 20.4. The van der Waals surface area contributed by atoms with E-state index >= 15 is 0 Å². The fraction of sp³-hybridized carbons (Fsp3) is 0.733. The zero-order valence-electron chi connectivity index (χ0n) is 14.0. The summed E-state index contributed by atoms with van der Waals surface area (Å²) in [6.07, 6.45) is 8.93. The molecular weight excluding hydrogens is 334 g/mol. The predicted octanol–water partition coefficient (Wildman–Crippen LogP) is 1.95. The third kappa shape index (κ3) is 6.45. The lowest BCUT2D eigenvalue weighted by molar-refractivity contribution is -0.389. The van der Waals surface area contributed by atoms with Crippen molar-refractivity contribution >= 4 is 24.1 Å². The van der Waals surface area contributed by atoms with Crippen molar-refractivity contribution in [2.45, 2.75) is 58.0 Å². The van der Waals surface area contributed by atoms with Crippen LogP contribution in [0.15, 0.2) is 6.20 Å². The van der Waals surface area contributed by atoms with E-state index in [4.69, 9.17) is 0 Å². The van der Waals surface area contributed by atoms with E-state index in [0.29, 0.717) is 18.4 Å². The topological polar surface area (TPSA) is 102 Å². The molecule has 0 spiro atoms. The van der Waals surface area contributed by atoms with Crippen molar-refractivity contribution in [3.05, 3.63) is 22.1 Å². The molecule has 9 heteroatoms. The molecule has 2 N–H and O–H groups in total. The van der Waals surface area contributed by atoms with Crippen LogP contribution >= 0.6 is 12.4 Å². The highest BCUT2D eigenvalue weighted by molar-refractivity contribution is 5.85.